The molecule has 0 N–H and O–H groups in total. The summed E-state index contributed by atoms with van der Waals surface area (Å²) in [7, 11) is 0. The smallest absolute Gasteiger partial charge is 0.247 e. The third-order valence-corrected chi connectivity index (χ3v) is 4.83. The summed E-state index contributed by atoms with van der Waals surface area (Å²) in [5.74, 6) is -2.31. The standard InChI is InChI=1S/C18H27N3O3/c1-18(2,3)17(24)21-10-6-7-13(12-21)15(22)14(11-19)16(23)20-8-4-5-9-20/h13-14H,4-10,12H2,1-3H3/t13-,14+/m0/s1. The van der Waals surface area contributed by atoms with Gasteiger partial charge in [0.05, 0.1) is 6.07 Å². The number of nitriles is 1. The molecule has 0 unspecified atom stereocenters. The van der Waals surface area contributed by atoms with Gasteiger partial charge in [-0.3, -0.25) is 14.4 Å². The first-order valence-corrected chi connectivity index (χ1v) is 8.77. The Morgan fingerprint density at radius 2 is 1.62 bits per heavy atom. The second-order valence-electron chi connectivity index (χ2n) is 7.84. The van der Waals surface area contributed by atoms with Crippen LogP contribution in [0.5, 0.6) is 0 Å². The fourth-order valence-corrected chi connectivity index (χ4v) is 3.46. The Balaban J connectivity index is 2.06. The van der Waals surface area contributed by atoms with Crippen LogP contribution in [0.1, 0.15) is 46.5 Å². The SMILES string of the molecule is CC(C)(C)C(=O)N1CCC[C@H](C(=O)[C@@H](C#N)C(=O)N2CCCC2)C1. The minimum absolute atomic E-state index is 0.0133. The first-order valence-electron chi connectivity index (χ1n) is 8.77. The highest BCUT2D eigenvalue weighted by molar-refractivity contribution is 6.05. The minimum Gasteiger partial charge on any atom is -0.342 e. The monoisotopic (exact) mass is 333 g/mol. The van der Waals surface area contributed by atoms with Crippen molar-refractivity contribution >= 4 is 17.6 Å². The highest BCUT2D eigenvalue weighted by Crippen LogP contribution is 2.26. The molecule has 132 valence electrons. The number of piperidine rings is 1. The number of amides is 2. The number of ketones is 1. The van der Waals surface area contributed by atoms with Crippen LogP contribution in [0.25, 0.3) is 0 Å². The van der Waals surface area contributed by atoms with Crippen LogP contribution in [-0.4, -0.2) is 53.6 Å². The lowest BCUT2D eigenvalue weighted by atomic mass is 9.85. The molecule has 2 heterocycles. The molecule has 2 fully saturated rings. The Labute approximate surface area is 143 Å². The highest BCUT2D eigenvalue weighted by atomic mass is 16.2. The summed E-state index contributed by atoms with van der Waals surface area (Å²) in [4.78, 5) is 40.9. The molecule has 2 aliphatic rings. The van der Waals surface area contributed by atoms with E-state index in [1.54, 1.807) is 9.80 Å². The lowest BCUT2D eigenvalue weighted by Gasteiger charge is -2.36. The molecule has 2 amide bonds. The molecule has 0 aliphatic carbocycles. The molecule has 6 heteroatoms. The number of nitrogens with zero attached hydrogens (tertiary/aromatic N) is 3. The van der Waals surface area contributed by atoms with Crippen LogP contribution in [0.4, 0.5) is 0 Å². The maximum atomic E-state index is 12.7. The maximum Gasteiger partial charge on any atom is 0.247 e. The Morgan fingerprint density at radius 1 is 1.04 bits per heavy atom. The van der Waals surface area contributed by atoms with Crippen molar-refractivity contribution in [1.82, 2.24) is 9.80 Å². The van der Waals surface area contributed by atoms with Crippen molar-refractivity contribution in [3.63, 3.8) is 0 Å². The number of hydrogen-bond acceptors (Lipinski definition) is 4. The van der Waals surface area contributed by atoms with Gasteiger partial charge in [-0.1, -0.05) is 20.8 Å². The topological polar surface area (TPSA) is 81.5 Å². The fraction of sp³-hybridized carbons (Fsp3) is 0.778. The van der Waals surface area contributed by atoms with E-state index < -0.39 is 17.3 Å². The second-order valence-corrected chi connectivity index (χ2v) is 7.84. The first kappa shape index (κ1) is 18.4. The zero-order chi connectivity index (χ0) is 17.9. The summed E-state index contributed by atoms with van der Waals surface area (Å²) in [5.41, 5.74) is -0.495. The van der Waals surface area contributed by atoms with Gasteiger partial charge in [-0.05, 0) is 25.7 Å². The van der Waals surface area contributed by atoms with Gasteiger partial charge in [0.1, 0.15) is 0 Å². The maximum absolute atomic E-state index is 12.7. The molecule has 24 heavy (non-hydrogen) atoms. The Bertz CT molecular complexity index is 553. The van der Waals surface area contributed by atoms with Crippen LogP contribution in [0.15, 0.2) is 0 Å². The molecule has 2 saturated heterocycles. The molecule has 2 aliphatic heterocycles. The van der Waals surface area contributed by atoms with E-state index in [1.165, 1.54) is 0 Å². The minimum atomic E-state index is -1.22. The van der Waals surface area contributed by atoms with E-state index >= 15 is 0 Å². The van der Waals surface area contributed by atoms with Gasteiger partial charge in [-0.2, -0.15) is 5.26 Å². The number of Topliss-reactive ketones (excluding diaryl/α,β-unsaturated/α-hetero) is 1. The molecular formula is C18H27N3O3. The van der Waals surface area contributed by atoms with E-state index in [2.05, 4.69) is 0 Å². The number of rotatable bonds is 3. The summed E-state index contributed by atoms with van der Waals surface area (Å²) >= 11 is 0. The van der Waals surface area contributed by atoms with Gasteiger partial charge in [0.25, 0.3) is 0 Å². The van der Waals surface area contributed by atoms with Crippen molar-refractivity contribution in [3.8, 4) is 6.07 Å². The lowest BCUT2D eigenvalue weighted by molar-refractivity contribution is -0.144. The Morgan fingerprint density at radius 3 is 2.17 bits per heavy atom. The Kier molecular flexibility index (Phi) is 5.63. The number of carbonyl (C=O) groups is 3. The van der Waals surface area contributed by atoms with Gasteiger partial charge in [0, 0.05) is 37.5 Å². The summed E-state index contributed by atoms with van der Waals surface area (Å²) < 4.78 is 0. The molecule has 2 atom stereocenters. The second kappa shape index (κ2) is 7.33. The molecule has 0 aromatic heterocycles. The van der Waals surface area contributed by atoms with Crippen molar-refractivity contribution in [2.45, 2.75) is 46.5 Å². The molecule has 0 aromatic carbocycles. The number of likely N-dealkylation sites (tertiary alicyclic amines) is 2. The van der Waals surface area contributed by atoms with Crippen LogP contribution < -0.4 is 0 Å². The fourth-order valence-electron chi connectivity index (χ4n) is 3.46. The average Bonchev–Trinajstić information content (AvgIpc) is 3.08. The Hall–Kier alpha value is -1.90. The van der Waals surface area contributed by atoms with Crippen LogP contribution in [-0.2, 0) is 14.4 Å². The van der Waals surface area contributed by atoms with Crippen LogP contribution in [0.2, 0.25) is 0 Å². The van der Waals surface area contributed by atoms with Crippen molar-refractivity contribution in [2.24, 2.45) is 17.3 Å². The third kappa shape index (κ3) is 3.95. The van der Waals surface area contributed by atoms with Gasteiger partial charge in [0.2, 0.25) is 11.8 Å². The van der Waals surface area contributed by atoms with Gasteiger partial charge >= 0.3 is 0 Å². The lowest BCUT2D eigenvalue weighted by Crippen LogP contribution is -2.49. The number of carbonyl (C=O) groups excluding carboxylic acids is 3. The molecule has 0 radical (unpaired) electrons. The number of hydrogen-bond donors (Lipinski definition) is 0. The van der Waals surface area contributed by atoms with Crippen molar-refractivity contribution in [1.29, 1.82) is 5.26 Å². The van der Waals surface area contributed by atoms with Crippen molar-refractivity contribution in [3.05, 3.63) is 0 Å². The molecule has 2 rings (SSSR count). The first-order chi connectivity index (χ1) is 11.3. The summed E-state index contributed by atoms with van der Waals surface area (Å²) in [6, 6.07) is 1.91. The summed E-state index contributed by atoms with van der Waals surface area (Å²) in [6.07, 6.45) is 3.22. The van der Waals surface area contributed by atoms with E-state index in [1.807, 2.05) is 26.8 Å². The van der Waals surface area contributed by atoms with Gasteiger partial charge in [-0.25, -0.2) is 0 Å². The molecule has 0 bridgehead atoms. The van der Waals surface area contributed by atoms with Crippen molar-refractivity contribution in [2.75, 3.05) is 26.2 Å². The van der Waals surface area contributed by atoms with Gasteiger partial charge in [0.15, 0.2) is 11.7 Å². The zero-order valence-electron chi connectivity index (χ0n) is 14.9. The summed E-state index contributed by atoms with van der Waals surface area (Å²) in [6.45, 7) is 7.78. The zero-order valence-corrected chi connectivity index (χ0v) is 14.9. The molecule has 0 saturated carbocycles. The molecular weight excluding hydrogens is 306 g/mol. The van der Waals surface area contributed by atoms with Crippen LogP contribution in [0.3, 0.4) is 0 Å². The largest absolute Gasteiger partial charge is 0.342 e. The predicted molar refractivity (Wildman–Crippen MR) is 88.7 cm³/mol. The van der Waals surface area contributed by atoms with Gasteiger partial charge < -0.3 is 9.80 Å². The van der Waals surface area contributed by atoms with E-state index in [9.17, 15) is 19.6 Å². The van der Waals surface area contributed by atoms with E-state index in [0.717, 1.165) is 19.3 Å². The van der Waals surface area contributed by atoms with E-state index in [-0.39, 0.29) is 17.6 Å². The molecule has 6 nitrogen and oxygen atoms in total. The highest BCUT2D eigenvalue weighted by Gasteiger charge is 2.39. The summed E-state index contributed by atoms with van der Waals surface area (Å²) in [5, 5.41) is 9.36. The molecule has 0 aromatic rings. The normalized spacial score (nSPS) is 22.8. The van der Waals surface area contributed by atoms with Crippen LogP contribution >= 0.6 is 0 Å². The molecule has 0 spiro atoms. The third-order valence-electron chi connectivity index (χ3n) is 4.83. The van der Waals surface area contributed by atoms with E-state index in [4.69, 9.17) is 0 Å². The van der Waals surface area contributed by atoms with E-state index in [0.29, 0.717) is 32.6 Å². The predicted octanol–water partition coefficient (Wildman–Crippen LogP) is 1.60. The quantitative estimate of drug-likeness (QED) is 0.735. The van der Waals surface area contributed by atoms with Crippen molar-refractivity contribution < 1.29 is 14.4 Å². The average molecular weight is 333 g/mol. The van der Waals surface area contributed by atoms with Gasteiger partial charge in [-0.15, -0.1) is 0 Å². The van der Waals surface area contributed by atoms with Crippen LogP contribution in [0, 0.1) is 28.6 Å².